The Labute approximate surface area is 1120 Å². The van der Waals surface area contributed by atoms with Crippen molar-refractivity contribution in [2.75, 3.05) is 59.3 Å². The average molecular weight is 4300 g/mol. The molecule has 0 bridgehead atoms. The number of amidine groups is 4. The highest BCUT2D eigenvalue weighted by molar-refractivity contribution is 14.1. The number of aryl methyl sites for hydroxylation is 1. The first-order valence-corrected chi connectivity index (χ1v) is 64.6. The lowest BCUT2D eigenvalue weighted by molar-refractivity contribution is -0.735. The number of carbonyl (C=O) groups excluding carboxylic acids is 7. The van der Waals surface area contributed by atoms with Crippen LogP contribution in [-0.2, 0) is 46.8 Å². The molecule has 7 heterocycles. The molecule has 6 aliphatic heterocycles. The van der Waals surface area contributed by atoms with Crippen molar-refractivity contribution in [3.63, 3.8) is 0 Å². The average Bonchev–Trinajstić information content (AvgIpc) is 1.86. The van der Waals surface area contributed by atoms with Crippen LogP contribution in [0.2, 0.25) is 0 Å². The fraction of sp³-hybridized carbons (Fsp3) is 0.158. The number of benzene rings is 10. The van der Waals surface area contributed by atoms with E-state index in [1.54, 1.807) is 18.7 Å². The van der Waals surface area contributed by atoms with Gasteiger partial charge in [0.25, 0.3) is 0 Å². The van der Waals surface area contributed by atoms with E-state index in [4.69, 9.17) is 33.2 Å². The summed E-state index contributed by atoms with van der Waals surface area (Å²) in [6, 6.07) is 53.1. The SMILES string of the molecule is CC1=C(COC(=O)c2cc(I)cc(I)c2I)N=C[NH2+]1.C[n+]1[nH]ccc1COC(=O)c1cc(I)cc(I)c1I.O=C(OCC1=NC=C[NH2+]1)c1cc(I)cc(I)c1I.O=C(OCC1=Nc2ccccc2[NH2+]1)c1cc(I)cc(I)c1I.O=C(OCCC1=Nc2ccccc2[NH2+]1)c1cc(I)cc(I)c1I.O=C(OCCCC1=Nc2ccccc2[NH2+]1)c1cc(I)cc(I)c1I.O=C(OCC[N+]1=CNCC1)c1cc(I)cc(I)c1I. The quantitative estimate of drug-likeness (QED) is 0.00532. The molecule has 1 aromatic heterocycles. The number of quaternary nitrogens is 5. The minimum Gasteiger partial charge on any atom is -0.462 e. The second-order valence-corrected chi connectivity index (χ2v) is 54.5. The number of ether oxygens (including phenoxy) is 7. The summed E-state index contributed by atoms with van der Waals surface area (Å²) >= 11 is 46.3. The fourth-order valence-corrected chi connectivity index (χ4v) is 29.4. The van der Waals surface area contributed by atoms with Crippen molar-refractivity contribution in [1.82, 2.24) is 10.4 Å². The van der Waals surface area contributed by atoms with Gasteiger partial charge in [-0.25, -0.2) is 33.6 Å². The highest BCUT2D eigenvalue weighted by Crippen LogP contribution is 2.34. The number of rotatable bonds is 25. The number of nitrogens with zero attached hydrogens (tertiary/aromatic N) is 7. The van der Waals surface area contributed by atoms with Gasteiger partial charge in [0.2, 0.25) is 35.4 Å². The Balaban J connectivity index is 0.000000161. The lowest BCUT2D eigenvalue weighted by Crippen LogP contribution is -2.82. The van der Waals surface area contributed by atoms with Gasteiger partial charge in [-0.15, -0.1) is 4.68 Å². The maximum Gasteiger partial charge on any atom is 0.339 e. The van der Waals surface area contributed by atoms with Crippen LogP contribution in [0.3, 0.4) is 0 Å². The smallest absolute Gasteiger partial charge is 0.339 e. The van der Waals surface area contributed by atoms with Gasteiger partial charge in [0.15, 0.2) is 50.3 Å². The summed E-state index contributed by atoms with van der Waals surface area (Å²) in [5.41, 5.74) is 13.4. The van der Waals surface area contributed by atoms with Gasteiger partial charge in [-0.2, -0.15) is 30.1 Å². The molecule has 6 aliphatic rings. The maximum absolute atomic E-state index is 12.3. The number of H-pyrrole nitrogens is 1. The molecule has 10 aromatic carbocycles. The molecule has 17 rings (SSSR count). The number of halogens is 21. The van der Waals surface area contributed by atoms with Gasteiger partial charge in [-0.05, 0) is 584 Å². The molecule has 0 spiro atoms. The van der Waals surface area contributed by atoms with Crippen molar-refractivity contribution in [2.24, 2.45) is 32.0 Å². The van der Waals surface area contributed by atoms with E-state index >= 15 is 0 Å². The molecule has 28 nitrogen and oxygen atoms in total. The number of hydrogen-bond donors (Lipinski definition) is 7. The van der Waals surface area contributed by atoms with E-state index in [0.29, 0.717) is 65.2 Å². The molecule has 0 amide bonds. The molecular weight excluding hydrogens is 4230 g/mol. The molecule has 0 radical (unpaired) electrons. The molecule has 0 atom stereocenters. The van der Waals surface area contributed by atoms with E-state index in [1.807, 2.05) is 210 Å². The molecule has 0 fully saturated rings. The minimum absolute atomic E-state index is 0.186. The number of nitrogens with one attached hydrogen (secondary N) is 2. The molecule has 750 valence electrons. The Bertz CT molecular complexity index is 7000. The molecule has 0 aliphatic carbocycles. The van der Waals surface area contributed by atoms with Gasteiger partial charge in [0.1, 0.15) is 74.1 Å². The summed E-state index contributed by atoms with van der Waals surface area (Å²) < 4.78 is 62.7. The van der Waals surface area contributed by atoms with Crippen molar-refractivity contribution in [1.29, 1.82) is 0 Å². The Kier molecular flexibility index (Phi) is 54.4. The van der Waals surface area contributed by atoms with Crippen LogP contribution in [0.5, 0.6) is 0 Å². The van der Waals surface area contributed by atoms with Gasteiger partial charge >= 0.3 is 41.8 Å². The summed E-state index contributed by atoms with van der Waals surface area (Å²) in [6.45, 7) is 6.64. The lowest BCUT2D eigenvalue weighted by atomic mass is 10.2. The number of fused-ring (bicyclic) bond motifs is 3. The highest BCUT2D eigenvalue weighted by Gasteiger charge is 2.29. The molecule has 144 heavy (non-hydrogen) atoms. The van der Waals surface area contributed by atoms with Crippen LogP contribution in [0, 0.1) is 75.0 Å². The van der Waals surface area contributed by atoms with E-state index in [-0.39, 0.29) is 68.2 Å². The zero-order valence-corrected chi connectivity index (χ0v) is 120. The first-order valence-electron chi connectivity index (χ1n) is 42.0. The van der Waals surface area contributed by atoms with Gasteiger partial charge in [-0.3, -0.25) is 36.5 Å². The largest absolute Gasteiger partial charge is 0.462 e. The van der Waals surface area contributed by atoms with Crippen LogP contribution in [0.1, 0.15) is 104 Å². The summed E-state index contributed by atoms with van der Waals surface area (Å²) in [5, 5.41) is 15.9. The number of esters is 7. The topological polar surface area (TPSA) is 364 Å². The molecule has 11 aromatic rings. The second-order valence-electron chi connectivity index (χ2n) is 30.1. The predicted molar refractivity (Wildman–Crippen MR) is 730 cm³/mol. The minimum atomic E-state index is -0.312. The first kappa shape index (κ1) is 124. The van der Waals surface area contributed by atoms with Crippen LogP contribution < -0.4 is 36.6 Å². The second kappa shape index (κ2) is 63.1. The van der Waals surface area contributed by atoms with Crippen molar-refractivity contribution in [3.05, 3.63) is 313 Å². The lowest BCUT2D eigenvalue weighted by Gasteiger charge is -2.08. The summed E-state index contributed by atoms with van der Waals surface area (Å²) in [4.78, 5) is 107. The fourth-order valence-electron chi connectivity index (χ4n) is 12.8. The van der Waals surface area contributed by atoms with E-state index < -0.39 is 0 Å². The third-order valence-corrected chi connectivity index (χ3v) is 45.6. The molecule has 0 saturated heterocycles. The number of aliphatic imine (C=N–C) groups is 5. The summed E-state index contributed by atoms with van der Waals surface area (Å²) in [6.07, 6.45) is 11.2. The summed E-state index contributed by atoms with van der Waals surface area (Å²) in [5.74, 6) is 1.54. The number of para-hydroxylation sites is 6. The standard InChI is InChI=1S/C17H13I3N2O2.C16H11I3N2O2.C15H9I3N2O2.2C12H9I3N2O2.C12H11I3N2O2.C11H7I3N2O2/c18-10-8-11(16(20)12(19)9-10)17(23)24-7-3-6-15-21-13-4-1-2-5-14(13)22-15;17-9-7-10(15(19)11(18)8-9)16(22)23-6-5-14-20-12-3-1-2-4-13(12)21-14;16-8-5-9(14(18)10(17)6-8)15(21)22-7-13-19-11-3-1-2-4-12(11)20-13;1-6-10(17-5-16-6)4-19-12(18)8-2-7(13)3-9(14)11(8)15;1-17-8(2-3-16-17)6-19-12(18)9-4-7(13)5-10(14)11(9)15;13-8-5-9(11(15)10(14)6-8)12(18)19-4-3-17-2-1-16-7-17;12-6-3-7(10(14)8(13)4-6)11(17)18-5-9-15-1-2-16-9/h1-2,4-5,8-9H,3,6-7H2,(H,21,22);1-4,7-8H,5-6H2,(H,20,21);1-6H,7H2,(H,19,20);2-3,5H,4H2,1H3,(H,16,17);2-5H,6H2,1H3;5-7H,1-4H2;1-4H,5H2,(H,15,16)/p+7. The molecular formula is C95H76I21N14O14+7. The Morgan fingerprint density at radius 2 is 0.701 bits per heavy atom. The Morgan fingerprint density at radius 3 is 1.04 bits per heavy atom. The van der Waals surface area contributed by atoms with Gasteiger partial charge in [0, 0.05) is 113 Å². The van der Waals surface area contributed by atoms with Crippen LogP contribution in [-0.4, -0.2) is 147 Å². The number of aromatic nitrogens is 2. The van der Waals surface area contributed by atoms with Crippen molar-refractivity contribution < 1.29 is 103 Å². The van der Waals surface area contributed by atoms with E-state index in [9.17, 15) is 33.6 Å². The van der Waals surface area contributed by atoms with Crippen LogP contribution in [0.4, 0.5) is 34.1 Å². The molecule has 0 unspecified atom stereocenters. The molecule has 49 heteroatoms. The van der Waals surface area contributed by atoms with Crippen LogP contribution in [0.25, 0.3) is 0 Å². The summed E-state index contributed by atoms with van der Waals surface area (Å²) in [7, 11) is 1.88. The zero-order chi connectivity index (χ0) is 104. The number of aromatic amines is 1. The number of hydrogen-bond acceptors (Lipinski definition) is 20. The van der Waals surface area contributed by atoms with Gasteiger partial charge < -0.3 is 33.2 Å². The zero-order valence-electron chi connectivity index (χ0n) is 74.3. The maximum atomic E-state index is 12.3. The van der Waals surface area contributed by atoms with E-state index in [0.717, 1.165) is 182 Å². The van der Waals surface area contributed by atoms with Crippen LogP contribution in [0.15, 0.2) is 219 Å². The number of carbonyl (C=O) groups is 7. The van der Waals surface area contributed by atoms with Crippen molar-refractivity contribution >= 4 is 586 Å². The number of allylic oxidation sites excluding steroid dienone is 1. The Morgan fingerprint density at radius 1 is 0.368 bits per heavy atom. The van der Waals surface area contributed by atoms with Crippen molar-refractivity contribution in [2.45, 2.75) is 32.8 Å². The normalized spacial score (nSPS) is 12.9. The molecule has 12 N–H and O–H groups in total. The number of nitrogens with two attached hydrogens (primary N) is 5. The first-order chi connectivity index (χ1) is 68.7. The predicted octanol–water partition coefficient (Wildman–Crippen LogP) is 21.9. The highest BCUT2D eigenvalue weighted by atomic mass is 127. The van der Waals surface area contributed by atoms with Gasteiger partial charge in [0.05, 0.1) is 64.4 Å². The molecule has 0 saturated carbocycles. The Hall–Kier alpha value is 0.130. The third-order valence-electron chi connectivity index (χ3n) is 19.9. The van der Waals surface area contributed by atoms with Gasteiger partial charge in [-0.1, -0.05) is 36.4 Å². The third kappa shape index (κ3) is 38.8. The van der Waals surface area contributed by atoms with E-state index in [2.05, 4.69) is 526 Å². The monoisotopic (exact) mass is 4300 g/mol. The van der Waals surface area contributed by atoms with E-state index in [1.165, 1.54) is 0 Å². The van der Waals surface area contributed by atoms with Crippen LogP contribution >= 0.6 is 474 Å². The van der Waals surface area contributed by atoms with Crippen molar-refractivity contribution in [3.8, 4) is 0 Å².